The Hall–Kier alpha value is -0.820. The van der Waals surface area contributed by atoms with Crippen molar-refractivity contribution < 1.29 is 4.48 Å². The molecule has 0 N–H and O–H groups in total. The Labute approximate surface area is 99.7 Å². The molecule has 1 aromatic rings. The van der Waals surface area contributed by atoms with Crippen LogP contribution in [0.1, 0.15) is 37.7 Å². The third-order valence-electron chi connectivity index (χ3n) is 4.00. The second kappa shape index (κ2) is 5.01. The van der Waals surface area contributed by atoms with Crippen LogP contribution in [0.5, 0.6) is 0 Å². The lowest BCUT2D eigenvalue weighted by molar-refractivity contribution is -0.929. The van der Waals surface area contributed by atoms with Crippen molar-refractivity contribution in [1.29, 1.82) is 0 Å². The molecule has 0 unspecified atom stereocenters. The summed E-state index contributed by atoms with van der Waals surface area (Å²) in [5.74, 6) is 0. The van der Waals surface area contributed by atoms with E-state index in [0.717, 1.165) is 10.5 Å². The van der Waals surface area contributed by atoms with Crippen molar-refractivity contribution in [3.05, 3.63) is 35.9 Å². The fourth-order valence-corrected chi connectivity index (χ4v) is 2.96. The summed E-state index contributed by atoms with van der Waals surface area (Å²) in [5.41, 5.74) is 1.47. The quantitative estimate of drug-likeness (QED) is 0.680. The molecule has 1 saturated carbocycles. The fraction of sp³-hybridized carbons (Fsp3) is 0.600. The number of quaternary nitrogens is 1. The van der Waals surface area contributed by atoms with Gasteiger partial charge in [0, 0.05) is 5.56 Å². The van der Waals surface area contributed by atoms with Gasteiger partial charge in [-0.2, -0.15) is 0 Å². The maximum atomic E-state index is 2.39. The third-order valence-corrected chi connectivity index (χ3v) is 4.00. The van der Waals surface area contributed by atoms with Crippen LogP contribution in [0.15, 0.2) is 30.3 Å². The minimum Gasteiger partial charge on any atom is -0.322 e. The molecule has 16 heavy (non-hydrogen) atoms. The van der Waals surface area contributed by atoms with Crippen LogP contribution in [0.3, 0.4) is 0 Å². The fourth-order valence-electron chi connectivity index (χ4n) is 2.96. The molecular formula is C15H24N+. The normalized spacial score (nSPS) is 18.6. The monoisotopic (exact) mass is 218 g/mol. The summed E-state index contributed by atoms with van der Waals surface area (Å²) < 4.78 is 1.16. The van der Waals surface area contributed by atoms with Crippen LogP contribution in [0, 0.1) is 0 Å². The molecule has 88 valence electrons. The topological polar surface area (TPSA) is 0 Å². The Morgan fingerprint density at radius 3 is 2.25 bits per heavy atom. The Morgan fingerprint density at radius 1 is 1.00 bits per heavy atom. The Morgan fingerprint density at radius 2 is 1.62 bits per heavy atom. The SMILES string of the molecule is C[N+](C)(Cc1ccccc1)C1CCCCC1. The van der Waals surface area contributed by atoms with E-state index in [-0.39, 0.29) is 0 Å². The van der Waals surface area contributed by atoms with Gasteiger partial charge in [0.05, 0.1) is 20.1 Å². The first-order chi connectivity index (χ1) is 7.68. The average Bonchev–Trinajstić information content (AvgIpc) is 2.31. The van der Waals surface area contributed by atoms with Crippen molar-refractivity contribution >= 4 is 0 Å². The van der Waals surface area contributed by atoms with Crippen LogP contribution in [-0.4, -0.2) is 24.6 Å². The van der Waals surface area contributed by atoms with E-state index in [2.05, 4.69) is 44.4 Å². The minimum absolute atomic E-state index is 0.869. The molecule has 0 saturated heterocycles. The molecule has 0 amide bonds. The minimum atomic E-state index is 0.869. The lowest BCUT2D eigenvalue weighted by atomic mass is 9.92. The van der Waals surface area contributed by atoms with Gasteiger partial charge in [-0.3, -0.25) is 0 Å². The molecule has 1 aliphatic carbocycles. The lowest BCUT2D eigenvalue weighted by Crippen LogP contribution is -2.48. The zero-order valence-corrected chi connectivity index (χ0v) is 10.7. The average molecular weight is 218 g/mol. The Balaban J connectivity index is 2.01. The van der Waals surface area contributed by atoms with E-state index in [1.807, 2.05) is 0 Å². The van der Waals surface area contributed by atoms with E-state index in [1.54, 1.807) is 0 Å². The van der Waals surface area contributed by atoms with Gasteiger partial charge in [0.2, 0.25) is 0 Å². The molecule has 0 spiro atoms. The van der Waals surface area contributed by atoms with Gasteiger partial charge in [-0.15, -0.1) is 0 Å². The van der Waals surface area contributed by atoms with Gasteiger partial charge in [0.25, 0.3) is 0 Å². The van der Waals surface area contributed by atoms with Gasteiger partial charge in [0.15, 0.2) is 0 Å². The van der Waals surface area contributed by atoms with Crippen molar-refractivity contribution in [3.63, 3.8) is 0 Å². The second-order valence-corrected chi connectivity index (χ2v) is 5.71. The Kier molecular flexibility index (Phi) is 3.65. The zero-order valence-electron chi connectivity index (χ0n) is 10.7. The van der Waals surface area contributed by atoms with Gasteiger partial charge < -0.3 is 4.48 Å². The first-order valence-corrected chi connectivity index (χ1v) is 6.55. The van der Waals surface area contributed by atoms with Crippen molar-refractivity contribution in [1.82, 2.24) is 0 Å². The molecule has 1 aliphatic rings. The molecule has 1 aromatic carbocycles. The summed E-state index contributed by atoms with van der Waals surface area (Å²) >= 11 is 0. The number of benzene rings is 1. The van der Waals surface area contributed by atoms with Gasteiger partial charge in [-0.05, 0) is 25.7 Å². The van der Waals surface area contributed by atoms with Crippen molar-refractivity contribution in [3.8, 4) is 0 Å². The van der Waals surface area contributed by atoms with Gasteiger partial charge >= 0.3 is 0 Å². The Bertz CT molecular complexity index is 309. The lowest BCUT2D eigenvalue weighted by Gasteiger charge is -2.40. The highest BCUT2D eigenvalue weighted by Gasteiger charge is 2.29. The number of hydrogen-bond donors (Lipinski definition) is 0. The summed E-state index contributed by atoms with van der Waals surface area (Å²) in [7, 11) is 4.78. The molecule has 0 aliphatic heterocycles. The van der Waals surface area contributed by atoms with Crippen molar-refractivity contribution in [2.45, 2.75) is 44.7 Å². The first-order valence-electron chi connectivity index (χ1n) is 6.55. The van der Waals surface area contributed by atoms with Crippen LogP contribution in [0.25, 0.3) is 0 Å². The van der Waals surface area contributed by atoms with Gasteiger partial charge in [0.1, 0.15) is 6.54 Å². The third kappa shape index (κ3) is 2.85. The van der Waals surface area contributed by atoms with E-state index >= 15 is 0 Å². The van der Waals surface area contributed by atoms with E-state index in [4.69, 9.17) is 0 Å². The molecule has 2 rings (SSSR count). The van der Waals surface area contributed by atoms with E-state index in [1.165, 1.54) is 44.2 Å². The largest absolute Gasteiger partial charge is 0.322 e. The highest BCUT2D eigenvalue weighted by atomic mass is 15.3. The maximum Gasteiger partial charge on any atom is 0.104 e. The molecule has 0 heterocycles. The predicted molar refractivity (Wildman–Crippen MR) is 69.1 cm³/mol. The summed E-state index contributed by atoms with van der Waals surface area (Å²) in [6.45, 7) is 1.17. The van der Waals surface area contributed by atoms with E-state index < -0.39 is 0 Å². The summed E-state index contributed by atoms with van der Waals surface area (Å²) in [4.78, 5) is 0. The molecular weight excluding hydrogens is 194 g/mol. The summed E-state index contributed by atoms with van der Waals surface area (Å²) in [6.07, 6.45) is 7.14. The summed E-state index contributed by atoms with van der Waals surface area (Å²) in [5, 5.41) is 0. The van der Waals surface area contributed by atoms with E-state index in [9.17, 15) is 0 Å². The number of hydrogen-bond acceptors (Lipinski definition) is 0. The van der Waals surface area contributed by atoms with Gasteiger partial charge in [-0.1, -0.05) is 36.8 Å². The predicted octanol–water partition coefficient (Wildman–Crippen LogP) is 3.60. The highest BCUT2D eigenvalue weighted by Crippen LogP contribution is 2.27. The highest BCUT2D eigenvalue weighted by molar-refractivity contribution is 5.13. The molecule has 1 nitrogen and oxygen atoms in total. The van der Waals surface area contributed by atoms with Crippen LogP contribution in [-0.2, 0) is 6.54 Å². The number of rotatable bonds is 3. The van der Waals surface area contributed by atoms with Gasteiger partial charge in [-0.25, -0.2) is 0 Å². The van der Waals surface area contributed by atoms with Crippen LogP contribution < -0.4 is 0 Å². The first kappa shape index (κ1) is 11.7. The van der Waals surface area contributed by atoms with Crippen molar-refractivity contribution in [2.75, 3.05) is 14.1 Å². The molecule has 1 heteroatoms. The molecule has 0 bridgehead atoms. The molecule has 0 radical (unpaired) electrons. The van der Waals surface area contributed by atoms with E-state index in [0.29, 0.717) is 0 Å². The van der Waals surface area contributed by atoms with Crippen LogP contribution >= 0.6 is 0 Å². The molecule has 0 atom stereocenters. The number of nitrogens with zero attached hydrogens (tertiary/aromatic N) is 1. The molecule has 0 aromatic heterocycles. The molecule has 1 fully saturated rings. The van der Waals surface area contributed by atoms with Crippen molar-refractivity contribution in [2.24, 2.45) is 0 Å². The standard InChI is InChI=1S/C15H24N/c1-16(2,15-11-7-4-8-12-15)13-14-9-5-3-6-10-14/h3,5-6,9-10,15H,4,7-8,11-13H2,1-2H3/q+1. The smallest absolute Gasteiger partial charge is 0.104 e. The van der Waals surface area contributed by atoms with Crippen LogP contribution in [0.2, 0.25) is 0 Å². The summed E-state index contributed by atoms with van der Waals surface area (Å²) in [6, 6.07) is 11.8. The van der Waals surface area contributed by atoms with Crippen LogP contribution in [0.4, 0.5) is 0 Å². The zero-order chi connectivity index (χ0) is 11.4. The maximum absolute atomic E-state index is 2.39. The second-order valence-electron chi connectivity index (χ2n) is 5.71.